The van der Waals surface area contributed by atoms with Crippen LogP contribution in [0, 0.1) is 17.8 Å². The van der Waals surface area contributed by atoms with Gasteiger partial charge in [0.05, 0.1) is 5.56 Å². The minimum Gasteiger partial charge on any atom is -0.373 e. The van der Waals surface area contributed by atoms with Crippen molar-refractivity contribution in [3.63, 3.8) is 0 Å². The Bertz CT molecular complexity index is 1350. The molecule has 0 unspecified atom stereocenters. The number of pyridine rings is 2. The van der Waals surface area contributed by atoms with Gasteiger partial charge in [-0.15, -0.1) is 0 Å². The number of carbonyl (C=O) groups is 1. The van der Waals surface area contributed by atoms with E-state index in [0.29, 0.717) is 5.82 Å². The lowest BCUT2D eigenvalue weighted by molar-refractivity contribution is -0.117. The molecule has 2 N–H and O–H groups in total. The molecule has 148 valence electrons. The molecule has 4 aromatic rings. The van der Waals surface area contributed by atoms with Gasteiger partial charge in [-0.3, -0.25) is 4.79 Å². The fraction of sp³-hybridized carbons (Fsp3) is 0.208. The van der Waals surface area contributed by atoms with Crippen molar-refractivity contribution in [1.29, 1.82) is 0 Å². The number of hydrogen-bond donors (Lipinski definition) is 2. The van der Waals surface area contributed by atoms with Gasteiger partial charge in [0.15, 0.2) is 0 Å². The molecule has 30 heavy (non-hydrogen) atoms. The fourth-order valence-electron chi connectivity index (χ4n) is 3.62. The Labute approximate surface area is 174 Å². The number of rotatable bonds is 3. The van der Waals surface area contributed by atoms with Crippen LogP contribution in [0.25, 0.3) is 21.7 Å². The Morgan fingerprint density at radius 3 is 2.70 bits per heavy atom. The van der Waals surface area contributed by atoms with Gasteiger partial charge < -0.3 is 15.2 Å². The van der Waals surface area contributed by atoms with E-state index in [1.165, 1.54) is 0 Å². The van der Waals surface area contributed by atoms with Crippen molar-refractivity contribution < 1.29 is 4.79 Å². The van der Waals surface area contributed by atoms with E-state index in [1.807, 2.05) is 38.5 Å². The summed E-state index contributed by atoms with van der Waals surface area (Å²) in [5, 5.41) is 8.91. The van der Waals surface area contributed by atoms with E-state index in [2.05, 4.69) is 49.1 Å². The highest BCUT2D eigenvalue weighted by molar-refractivity contribution is 5.99. The minimum absolute atomic E-state index is 0.0353. The van der Waals surface area contributed by atoms with E-state index in [-0.39, 0.29) is 11.8 Å². The van der Waals surface area contributed by atoms with Crippen LogP contribution in [0.5, 0.6) is 0 Å². The second kappa shape index (κ2) is 7.20. The largest absolute Gasteiger partial charge is 0.373 e. The van der Waals surface area contributed by atoms with E-state index in [1.54, 1.807) is 12.4 Å². The first-order valence-electron chi connectivity index (χ1n) is 9.97. The number of nitrogens with zero attached hydrogens (tertiary/aromatic N) is 3. The molecule has 0 saturated heterocycles. The number of hydrogen-bond acceptors (Lipinski definition) is 4. The molecular weight excluding hydrogens is 374 g/mol. The number of aromatic nitrogens is 3. The maximum atomic E-state index is 12.2. The van der Waals surface area contributed by atoms with Crippen LogP contribution in [-0.4, -0.2) is 27.5 Å². The fourth-order valence-corrected chi connectivity index (χ4v) is 3.62. The van der Waals surface area contributed by atoms with E-state index in [9.17, 15) is 4.79 Å². The van der Waals surface area contributed by atoms with Crippen LogP contribution in [-0.2, 0) is 11.8 Å². The predicted octanol–water partition coefficient (Wildman–Crippen LogP) is 3.91. The second-order valence-electron chi connectivity index (χ2n) is 7.56. The Hall–Kier alpha value is -3.85. The lowest BCUT2D eigenvalue weighted by Gasteiger charge is -2.09. The highest BCUT2D eigenvalue weighted by atomic mass is 16.2. The van der Waals surface area contributed by atoms with Gasteiger partial charge in [-0.25, -0.2) is 9.97 Å². The zero-order valence-corrected chi connectivity index (χ0v) is 16.9. The molecule has 0 aliphatic heterocycles. The molecule has 0 spiro atoms. The molecule has 1 aliphatic carbocycles. The van der Waals surface area contributed by atoms with Gasteiger partial charge in [-0.1, -0.05) is 17.9 Å². The number of anilines is 2. The van der Waals surface area contributed by atoms with Gasteiger partial charge in [0.25, 0.3) is 0 Å². The van der Waals surface area contributed by atoms with E-state index >= 15 is 0 Å². The van der Waals surface area contributed by atoms with Gasteiger partial charge in [-0.05, 0) is 37.1 Å². The Balaban J connectivity index is 1.59. The molecule has 0 atom stereocenters. The third-order valence-corrected chi connectivity index (χ3v) is 5.47. The van der Waals surface area contributed by atoms with Gasteiger partial charge in [0.1, 0.15) is 11.6 Å². The van der Waals surface area contributed by atoms with Gasteiger partial charge in [0, 0.05) is 65.8 Å². The van der Waals surface area contributed by atoms with E-state index in [0.717, 1.165) is 51.5 Å². The number of fused-ring (bicyclic) bond motifs is 2. The van der Waals surface area contributed by atoms with Gasteiger partial charge >= 0.3 is 0 Å². The second-order valence-corrected chi connectivity index (χ2v) is 7.56. The quantitative estimate of drug-likeness (QED) is 0.516. The van der Waals surface area contributed by atoms with Crippen LogP contribution in [0.1, 0.15) is 24.0 Å². The Morgan fingerprint density at radius 2 is 1.90 bits per heavy atom. The van der Waals surface area contributed by atoms with Crippen molar-refractivity contribution in [2.45, 2.75) is 12.8 Å². The highest BCUT2D eigenvalue weighted by Crippen LogP contribution is 2.31. The lowest BCUT2D eigenvalue weighted by atomic mass is 10.1. The monoisotopic (exact) mass is 395 g/mol. The summed E-state index contributed by atoms with van der Waals surface area (Å²) in [4.78, 5) is 21.0. The first-order chi connectivity index (χ1) is 14.6. The van der Waals surface area contributed by atoms with Crippen molar-refractivity contribution in [1.82, 2.24) is 14.5 Å². The molecule has 3 aromatic heterocycles. The van der Waals surface area contributed by atoms with Crippen LogP contribution in [0.4, 0.5) is 11.6 Å². The van der Waals surface area contributed by atoms with Crippen molar-refractivity contribution in [2.75, 3.05) is 17.7 Å². The van der Waals surface area contributed by atoms with E-state index in [4.69, 9.17) is 0 Å². The maximum absolute atomic E-state index is 12.2. The standard InChI is InChI=1S/C24H21N5O/c1-25-23-20-14-26-22(28-24(30)16-7-8-16)12-19(20)17(13-27-23)9-6-15-4-3-5-21-18(15)10-11-29(21)2/h3-5,10-14,16H,7-8H2,1-2H3,(H,25,27)(H,26,28,30). The normalized spacial score (nSPS) is 13.1. The topological polar surface area (TPSA) is 71.8 Å². The molecule has 1 amide bonds. The molecule has 3 heterocycles. The van der Waals surface area contributed by atoms with Crippen LogP contribution < -0.4 is 10.6 Å². The molecule has 5 rings (SSSR count). The summed E-state index contributed by atoms with van der Waals surface area (Å²) in [6.45, 7) is 0. The molecule has 6 nitrogen and oxygen atoms in total. The molecule has 6 heteroatoms. The summed E-state index contributed by atoms with van der Waals surface area (Å²) < 4.78 is 2.08. The van der Waals surface area contributed by atoms with Gasteiger partial charge in [0.2, 0.25) is 5.91 Å². The third-order valence-electron chi connectivity index (χ3n) is 5.47. The zero-order valence-electron chi connectivity index (χ0n) is 16.9. The molecule has 1 fully saturated rings. The summed E-state index contributed by atoms with van der Waals surface area (Å²) in [5.74, 6) is 8.02. The third kappa shape index (κ3) is 3.25. The molecule has 1 aromatic carbocycles. The van der Waals surface area contributed by atoms with Crippen molar-refractivity contribution in [2.24, 2.45) is 13.0 Å². The first-order valence-corrected chi connectivity index (χ1v) is 9.97. The first kappa shape index (κ1) is 18.2. The average molecular weight is 395 g/mol. The number of amides is 1. The number of aryl methyl sites for hydroxylation is 1. The molecule has 1 saturated carbocycles. The predicted molar refractivity (Wildman–Crippen MR) is 119 cm³/mol. The summed E-state index contributed by atoms with van der Waals surface area (Å²) >= 11 is 0. The van der Waals surface area contributed by atoms with Crippen LogP contribution in [0.15, 0.2) is 48.9 Å². The lowest BCUT2D eigenvalue weighted by Crippen LogP contribution is -2.14. The summed E-state index contributed by atoms with van der Waals surface area (Å²) in [7, 11) is 3.85. The van der Waals surface area contributed by atoms with Crippen molar-refractivity contribution >= 4 is 39.2 Å². The highest BCUT2D eigenvalue weighted by Gasteiger charge is 2.29. The molecule has 1 aliphatic rings. The zero-order chi connectivity index (χ0) is 20.7. The summed E-state index contributed by atoms with van der Waals surface area (Å²) in [6.07, 6.45) is 7.44. The summed E-state index contributed by atoms with van der Waals surface area (Å²) in [6, 6.07) is 10.1. The minimum atomic E-state index is 0.0353. The van der Waals surface area contributed by atoms with Crippen molar-refractivity contribution in [3.8, 4) is 11.8 Å². The SMILES string of the molecule is CNc1ncc(C#Cc2cccc3c2ccn3C)c2cc(NC(=O)C3CC3)ncc12. The Morgan fingerprint density at radius 1 is 1.07 bits per heavy atom. The molecule has 0 bridgehead atoms. The average Bonchev–Trinajstić information content (AvgIpc) is 3.55. The van der Waals surface area contributed by atoms with E-state index < -0.39 is 0 Å². The van der Waals surface area contributed by atoms with Crippen molar-refractivity contribution in [3.05, 3.63) is 60.0 Å². The summed E-state index contributed by atoms with van der Waals surface area (Å²) in [5.41, 5.74) is 2.90. The maximum Gasteiger partial charge on any atom is 0.228 e. The number of benzene rings is 1. The van der Waals surface area contributed by atoms with Crippen LogP contribution >= 0.6 is 0 Å². The molecule has 0 radical (unpaired) electrons. The smallest absolute Gasteiger partial charge is 0.228 e. The number of nitrogens with one attached hydrogen (secondary N) is 2. The molecular formula is C24H21N5O. The van der Waals surface area contributed by atoms with Gasteiger partial charge in [-0.2, -0.15) is 0 Å². The Kier molecular flexibility index (Phi) is 4.36. The van der Waals surface area contributed by atoms with Crippen LogP contribution in [0.3, 0.4) is 0 Å². The number of carbonyl (C=O) groups excluding carboxylic acids is 1. The van der Waals surface area contributed by atoms with Crippen LogP contribution in [0.2, 0.25) is 0 Å².